The monoisotopic (exact) mass is 387 g/mol. The molecule has 1 amide bonds. The lowest BCUT2D eigenvalue weighted by Gasteiger charge is -2.23. The van der Waals surface area contributed by atoms with Gasteiger partial charge in [-0.2, -0.15) is 10.2 Å². The van der Waals surface area contributed by atoms with Crippen LogP contribution in [-0.2, 0) is 16.9 Å². The molecular formula is C17H18BrN5O. The lowest BCUT2D eigenvalue weighted by atomic mass is 10.1. The van der Waals surface area contributed by atoms with Gasteiger partial charge in [-0.3, -0.25) is 14.2 Å². The summed E-state index contributed by atoms with van der Waals surface area (Å²) in [5.74, 6) is 0.346. The van der Waals surface area contributed by atoms with Gasteiger partial charge in [0, 0.05) is 18.5 Å². The van der Waals surface area contributed by atoms with Gasteiger partial charge >= 0.3 is 0 Å². The molecule has 0 saturated carbocycles. The molecular weight excluding hydrogens is 370 g/mol. The number of hydrogen-bond donors (Lipinski definition) is 1. The Hall–Kier alpha value is -2.41. The smallest absolute Gasteiger partial charge is 0.252 e. The first-order chi connectivity index (χ1) is 11.4. The third-order valence-corrected chi connectivity index (χ3v) is 4.16. The van der Waals surface area contributed by atoms with Gasteiger partial charge in [0.2, 0.25) is 0 Å². The molecule has 2 heterocycles. The van der Waals surface area contributed by atoms with Gasteiger partial charge in [-0.05, 0) is 35.3 Å². The van der Waals surface area contributed by atoms with Crippen LogP contribution in [0.25, 0.3) is 0 Å². The number of nitrogens with one attached hydrogen (secondary N) is 1. The molecule has 0 radical (unpaired) electrons. The van der Waals surface area contributed by atoms with E-state index in [0.717, 1.165) is 10.0 Å². The molecule has 0 aliphatic heterocycles. The van der Waals surface area contributed by atoms with Crippen LogP contribution >= 0.6 is 15.9 Å². The molecule has 7 heteroatoms. The molecule has 124 valence electrons. The van der Waals surface area contributed by atoms with E-state index < -0.39 is 5.54 Å². The highest BCUT2D eigenvalue weighted by molar-refractivity contribution is 9.10. The highest BCUT2D eigenvalue weighted by atomic mass is 79.9. The number of aromatic nitrogens is 4. The van der Waals surface area contributed by atoms with Crippen molar-refractivity contribution in [3.63, 3.8) is 0 Å². The van der Waals surface area contributed by atoms with Gasteiger partial charge in [0.05, 0.1) is 17.2 Å². The largest absolute Gasteiger partial charge is 0.307 e. The maximum Gasteiger partial charge on any atom is 0.252 e. The minimum absolute atomic E-state index is 0.178. The summed E-state index contributed by atoms with van der Waals surface area (Å²) in [6.07, 6.45) is 5.28. The van der Waals surface area contributed by atoms with Crippen molar-refractivity contribution in [2.24, 2.45) is 0 Å². The van der Waals surface area contributed by atoms with Crippen LogP contribution in [0.3, 0.4) is 0 Å². The second kappa shape index (κ2) is 6.60. The molecule has 1 aromatic carbocycles. The van der Waals surface area contributed by atoms with Crippen LogP contribution in [0.4, 0.5) is 5.82 Å². The second-order valence-electron chi connectivity index (χ2n) is 6.00. The van der Waals surface area contributed by atoms with Crippen LogP contribution in [0, 0.1) is 0 Å². The Kier molecular flexibility index (Phi) is 4.53. The second-order valence-corrected chi connectivity index (χ2v) is 6.92. The Balaban J connectivity index is 1.69. The fourth-order valence-electron chi connectivity index (χ4n) is 2.27. The molecule has 0 saturated heterocycles. The lowest BCUT2D eigenvalue weighted by molar-refractivity contribution is -0.123. The van der Waals surface area contributed by atoms with Crippen molar-refractivity contribution in [1.29, 1.82) is 0 Å². The summed E-state index contributed by atoms with van der Waals surface area (Å²) in [5, 5.41) is 11.4. The van der Waals surface area contributed by atoms with Crippen LogP contribution in [0.1, 0.15) is 19.4 Å². The quantitative estimate of drug-likeness (QED) is 0.730. The number of benzene rings is 1. The van der Waals surface area contributed by atoms with Gasteiger partial charge < -0.3 is 5.32 Å². The zero-order valence-electron chi connectivity index (χ0n) is 13.5. The summed E-state index contributed by atoms with van der Waals surface area (Å²) in [4.78, 5) is 12.6. The molecule has 0 aliphatic rings. The Morgan fingerprint density at radius 1 is 1.25 bits per heavy atom. The van der Waals surface area contributed by atoms with Crippen LogP contribution in [0.5, 0.6) is 0 Å². The Morgan fingerprint density at radius 2 is 2.00 bits per heavy atom. The van der Waals surface area contributed by atoms with Gasteiger partial charge in [-0.15, -0.1) is 0 Å². The summed E-state index contributed by atoms with van der Waals surface area (Å²) in [5.41, 5.74) is 0.329. The average Bonchev–Trinajstić information content (AvgIpc) is 3.18. The minimum atomic E-state index is -0.824. The van der Waals surface area contributed by atoms with Crippen LogP contribution in [0.15, 0.2) is 59.5 Å². The fraction of sp³-hybridized carbons (Fsp3) is 0.235. The summed E-state index contributed by atoms with van der Waals surface area (Å²) in [7, 11) is 0. The average molecular weight is 388 g/mol. The van der Waals surface area contributed by atoms with Gasteiger partial charge in [0.25, 0.3) is 5.91 Å². The van der Waals surface area contributed by atoms with Gasteiger partial charge in [0.1, 0.15) is 5.54 Å². The van der Waals surface area contributed by atoms with Crippen molar-refractivity contribution >= 4 is 27.7 Å². The number of halogens is 1. The number of anilines is 1. The predicted octanol–water partition coefficient (Wildman–Crippen LogP) is 3.26. The Labute approximate surface area is 148 Å². The molecule has 3 aromatic rings. The number of carbonyl (C=O) groups excluding carboxylic acids is 1. The maximum absolute atomic E-state index is 12.6. The van der Waals surface area contributed by atoms with Crippen molar-refractivity contribution in [2.75, 3.05) is 5.32 Å². The molecule has 0 unspecified atom stereocenters. The van der Waals surface area contributed by atoms with E-state index in [1.807, 2.05) is 50.4 Å². The summed E-state index contributed by atoms with van der Waals surface area (Å²) in [6.45, 7) is 4.28. The van der Waals surface area contributed by atoms with Gasteiger partial charge in [-0.25, -0.2) is 0 Å². The van der Waals surface area contributed by atoms with Crippen molar-refractivity contribution in [3.8, 4) is 0 Å². The first-order valence-corrected chi connectivity index (χ1v) is 8.34. The van der Waals surface area contributed by atoms with E-state index in [1.54, 1.807) is 27.8 Å². The van der Waals surface area contributed by atoms with E-state index in [2.05, 4.69) is 31.4 Å². The van der Waals surface area contributed by atoms with Gasteiger partial charge in [0.15, 0.2) is 5.82 Å². The van der Waals surface area contributed by atoms with Crippen molar-refractivity contribution < 1.29 is 4.79 Å². The lowest BCUT2D eigenvalue weighted by Crippen LogP contribution is -2.40. The highest BCUT2D eigenvalue weighted by Gasteiger charge is 2.31. The SMILES string of the molecule is CC(C)(C(=O)Nc1ccn(Cc2ccccc2)n1)n1cc(Br)cn1. The van der Waals surface area contributed by atoms with Crippen LogP contribution < -0.4 is 5.32 Å². The molecule has 0 aliphatic carbocycles. The normalized spacial score (nSPS) is 11.5. The van der Waals surface area contributed by atoms with Crippen molar-refractivity contribution in [1.82, 2.24) is 19.6 Å². The summed E-state index contributed by atoms with van der Waals surface area (Å²) < 4.78 is 4.24. The molecule has 0 bridgehead atoms. The maximum atomic E-state index is 12.6. The van der Waals surface area contributed by atoms with Gasteiger partial charge in [-0.1, -0.05) is 30.3 Å². The number of nitrogens with zero attached hydrogens (tertiary/aromatic N) is 4. The standard InChI is InChI=1S/C17H18BrN5O/c1-17(2,23-12-14(18)10-19-23)16(24)20-15-8-9-22(21-15)11-13-6-4-3-5-7-13/h3-10,12H,11H2,1-2H3,(H,20,21,24). The van der Waals surface area contributed by atoms with Crippen LogP contribution in [0.2, 0.25) is 0 Å². The van der Waals surface area contributed by atoms with E-state index in [9.17, 15) is 4.79 Å². The molecule has 24 heavy (non-hydrogen) atoms. The minimum Gasteiger partial charge on any atom is -0.307 e. The molecule has 0 atom stereocenters. The zero-order chi connectivity index (χ0) is 17.2. The number of carbonyl (C=O) groups is 1. The number of rotatable bonds is 5. The first kappa shape index (κ1) is 16.4. The highest BCUT2D eigenvalue weighted by Crippen LogP contribution is 2.19. The molecule has 1 N–H and O–H groups in total. The summed E-state index contributed by atoms with van der Waals surface area (Å²) in [6, 6.07) is 11.8. The summed E-state index contributed by atoms with van der Waals surface area (Å²) >= 11 is 3.34. The number of hydrogen-bond acceptors (Lipinski definition) is 3. The van der Waals surface area contributed by atoms with E-state index in [-0.39, 0.29) is 5.91 Å². The number of amides is 1. The molecule has 3 rings (SSSR count). The first-order valence-electron chi connectivity index (χ1n) is 7.54. The molecule has 6 nitrogen and oxygen atoms in total. The Bertz CT molecular complexity index is 838. The Morgan fingerprint density at radius 3 is 2.67 bits per heavy atom. The van der Waals surface area contributed by atoms with E-state index >= 15 is 0 Å². The van der Waals surface area contributed by atoms with Crippen LogP contribution in [-0.4, -0.2) is 25.5 Å². The van der Waals surface area contributed by atoms with Crippen molar-refractivity contribution in [2.45, 2.75) is 25.9 Å². The molecule has 2 aromatic heterocycles. The fourth-order valence-corrected chi connectivity index (χ4v) is 2.55. The molecule has 0 fully saturated rings. The topological polar surface area (TPSA) is 64.7 Å². The van der Waals surface area contributed by atoms with E-state index in [4.69, 9.17) is 0 Å². The van der Waals surface area contributed by atoms with E-state index in [1.165, 1.54) is 0 Å². The van der Waals surface area contributed by atoms with Crippen molar-refractivity contribution in [3.05, 3.63) is 65.0 Å². The van der Waals surface area contributed by atoms with E-state index in [0.29, 0.717) is 12.4 Å². The molecule has 0 spiro atoms. The predicted molar refractivity (Wildman–Crippen MR) is 95.6 cm³/mol. The third kappa shape index (κ3) is 3.56. The third-order valence-electron chi connectivity index (χ3n) is 3.75. The zero-order valence-corrected chi connectivity index (χ0v) is 15.1.